The van der Waals surface area contributed by atoms with Crippen LogP contribution in [0.1, 0.15) is 39.8 Å². The first-order valence-corrected chi connectivity index (χ1v) is 10.0. The Bertz CT molecular complexity index is 1030. The van der Waals surface area contributed by atoms with E-state index in [2.05, 4.69) is 5.10 Å². The quantitative estimate of drug-likeness (QED) is 0.577. The number of carbonyl (C=O) groups is 1. The normalized spacial score (nSPS) is 13.8. The van der Waals surface area contributed by atoms with Gasteiger partial charge in [-0.1, -0.05) is 36.4 Å². The highest BCUT2D eigenvalue weighted by Crippen LogP contribution is 2.26. The maximum Gasteiger partial charge on any atom is 0.359 e. The SMILES string of the molecule is CCOC(=O)c1nn(Cc2ccccc2)c2c1CN(Cc1c(F)cccc1F)CC2. The van der Waals surface area contributed by atoms with Gasteiger partial charge in [0.1, 0.15) is 11.6 Å². The molecule has 0 fully saturated rings. The average Bonchev–Trinajstić information content (AvgIpc) is 3.09. The van der Waals surface area contributed by atoms with Crippen molar-refractivity contribution in [3.63, 3.8) is 0 Å². The molecule has 0 aliphatic carbocycles. The fraction of sp³-hybridized carbons (Fsp3) is 0.304. The van der Waals surface area contributed by atoms with Crippen LogP contribution >= 0.6 is 0 Å². The molecule has 0 spiro atoms. The number of carbonyl (C=O) groups excluding carboxylic acids is 1. The third-order valence-corrected chi connectivity index (χ3v) is 5.30. The van der Waals surface area contributed by atoms with Crippen LogP contribution in [0, 0.1) is 11.6 Å². The van der Waals surface area contributed by atoms with Crippen LogP contribution in [0.15, 0.2) is 48.5 Å². The van der Waals surface area contributed by atoms with E-state index >= 15 is 0 Å². The molecule has 1 aliphatic rings. The van der Waals surface area contributed by atoms with Gasteiger partial charge in [0.15, 0.2) is 5.69 Å². The number of esters is 1. The predicted molar refractivity (Wildman–Crippen MR) is 108 cm³/mol. The van der Waals surface area contributed by atoms with E-state index in [1.165, 1.54) is 18.2 Å². The summed E-state index contributed by atoms with van der Waals surface area (Å²) in [6.07, 6.45) is 0.630. The molecule has 30 heavy (non-hydrogen) atoms. The average molecular weight is 411 g/mol. The van der Waals surface area contributed by atoms with Crippen LogP contribution in [0.4, 0.5) is 8.78 Å². The van der Waals surface area contributed by atoms with Crippen LogP contribution in [0.5, 0.6) is 0 Å². The molecule has 1 aliphatic heterocycles. The van der Waals surface area contributed by atoms with Crippen molar-refractivity contribution in [3.05, 3.63) is 88.2 Å². The van der Waals surface area contributed by atoms with Crippen molar-refractivity contribution in [2.45, 2.75) is 33.0 Å². The van der Waals surface area contributed by atoms with Gasteiger partial charge < -0.3 is 4.74 Å². The van der Waals surface area contributed by atoms with E-state index in [0.717, 1.165) is 16.8 Å². The summed E-state index contributed by atoms with van der Waals surface area (Å²) in [6.45, 7) is 3.67. The van der Waals surface area contributed by atoms with Crippen LogP contribution in [0.25, 0.3) is 0 Å². The summed E-state index contributed by atoms with van der Waals surface area (Å²) in [5, 5.41) is 4.55. The van der Waals surface area contributed by atoms with Gasteiger partial charge in [-0.15, -0.1) is 0 Å². The van der Waals surface area contributed by atoms with Crippen molar-refractivity contribution in [1.29, 1.82) is 0 Å². The van der Waals surface area contributed by atoms with Gasteiger partial charge in [-0.05, 0) is 24.6 Å². The molecule has 2 heterocycles. The lowest BCUT2D eigenvalue weighted by Gasteiger charge is -2.28. The van der Waals surface area contributed by atoms with Gasteiger partial charge in [0, 0.05) is 42.9 Å². The molecule has 0 amide bonds. The molecule has 0 atom stereocenters. The summed E-state index contributed by atoms with van der Waals surface area (Å²) in [6, 6.07) is 13.8. The maximum atomic E-state index is 14.1. The second-order valence-corrected chi connectivity index (χ2v) is 7.30. The molecule has 0 N–H and O–H groups in total. The van der Waals surface area contributed by atoms with Crippen LogP contribution < -0.4 is 0 Å². The standard InChI is InChI=1S/C23H23F2N3O2/c1-2-30-23(29)22-18-15-27(14-17-19(24)9-6-10-20(17)25)12-11-21(18)28(26-22)13-16-7-4-3-5-8-16/h3-10H,2,11-15H2,1H3. The van der Waals surface area contributed by atoms with Gasteiger partial charge in [0.05, 0.1) is 13.2 Å². The summed E-state index contributed by atoms with van der Waals surface area (Å²) in [5.74, 6) is -1.60. The van der Waals surface area contributed by atoms with Gasteiger partial charge in [-0.2, -0.15) is 5.10 Å². The van der Waals surface area contributed by atoms with Crippen molar-refractivity contribution >= 4 is 5.97 Å². The third-order valence-electron chi connectivity index (χ3n) is 5.30. The minimum absolute atomic E-state index is 0.0373. The fourth-order valence-corrected chi connectivity index (χ4v) is 3.84. The Hall–Kier alpha value is -3.06. The largest absolute Gasteiger partial charge is 0.461 e. The van der Waals surface area contributed by atoms with Gasteiger partial charge in [-0.25, -0.2) is 13.6 Å². The molecule has 1 aromatic heterocycles. The van der Waals surface area contributed by atoms with Crippen molar-refractivity contribution in [2.75, 3.05) is 13.2 Å². The van der Waals surface area contributed by atoms with Crippen LogP contribution in [-0.4, -0.2) is 33.8 Å². The Morgan fingerprint density at radius 1 is 1.07 bits per heavy atom. The lowest BCUT2D eigenvalue weighted by atomic mass is 10.0. The molecule has 7 heteroatoms. The number of benzene rings is 2. The Labute approximate surface area is 173 Å². The Kier molecular flexibility index (Phi) is 5.90. The topological polar surface area (TPSA) is 47.4 Å². The highest BCUT2D eigenvalue weighted by molar-refractivity contribution is 5.89. The first kappa shape index (κ1) is 20.2. The van der Waals surface area contributed by atoms with E-state index in [0.29, 0.717) is 26.1 Å². The molecule has 0 radical (unpaired) electrons. The van der Waals surface area contributed by atoms with Gasteiger partial charge >= 0.3 is 5.97 Å². The van der Waals surface area contributed by atoms with Crippen LogP contribution in [0.3, 0.4) is 0 Å². The van der Waals surface area contributed by atoms with Crippen LogP contribution in [0.2, 0.25) is 0 Å². The smallest absolute Gasteiger partial charge is 0.359 e. The van der Waals surface area contributed by atoms with Gasteiger partial charge in [0.25, 0.3) is 0 Å². The lowest BCUT2D eigenvalue weighted by Crippen LogP contribution is -2.32. The monoisotopic (exact) mass is 411 g/mol. The Balaban J connectivity index is 1.63. The molecule has 4 rings (SSSR count). The molecule has 0 saturated carbocycles. The first-order valence-electron chi connectivity index (χ1n) is 10.0. The zero-order valence-electron chi connectivity index (χ0n) is 16.8. The van der Waals surface area contributed by atoms with E-state index in [9.17, 15) is 13.6 Å². The minimum atomic E-state index is -0.564. The number of aromatic nitrogens is 2. The number of rotatable bonds is 6. The number of hydrogen-bond acceptors (Lipinski definition) is 4. The van der Waals surface area contributed by atoms with Crippen molar-refractivity contribution < 1.29 is 18.3 Å². The van der Waals surface area contributed by atoms with E-state index < -0.39 is 17.6 Å². The first-order chi connectivity index (χ1) is 14.6. The van der Waals surface area contributed by atoms with E-state index in [1.807, 2.05) is 39.9 Å². The van der Waals surface area contributed by atoms with Gasteiger partial charge in [-0.3, -0.25) is 9.58 Å². The summed E-state index contributed by atoms with van der Waals surface area (Å²) < 4.78 is 35.2. The molecule has 0 saturated heterocycles. The van der Waals surface area contributed by atoms with Crippen molar-refractivity contribution in [3.8, 4) is 0 Å². The molecule has 156 valence electrons. The number of fused-ring (bicyclic) bond motifs is 1. The van der Waals surface area contributed by atoms with Crippen molar-refractivity contribution in [2.24, 2.45) is 0 Å². The third kappa shape index (κ3) is 4.11. The molecule has 3 aromatic rings. The van der Waals surface area contributed by atoms with E-state index in [-0.39, 0.29) is 24.4 Å². The summed E-state index contributed by atoms with van der Waals surface area (Å²) in [7, 11) is 0. The van der Waals surface area contributed by atoms with E-state index in [1.54, 1.807) is 6.92 Å². The molecule has 0 bridgehead atoms. The predicted octanol–water partition coefficient (Wildman–Crippen LogP) is 3.94. The number of nitrogens with zero attached hydrogens (tertiary/aromatic N) is 3. The molecule has 5 nitrogen and oxygen atoms in total. The Morgan fingerprint density at radius 3 is 2.50 bits per heavy atom. The number of halogens is 2. The molecular weight excluding hydrogens is 388 g/mol. The van der Waals surface area contributed by atoms with Gasteiger partial charge in [0.2, 0.25) is 0 Å². The zero-order chi connectivity index (χ0) is 21.1. The zero-order valence-corrected chi connectivity index (χ0v) is 16.8. The highest BCUT2D eigenvalue weighted by atomic mass is 19.1. The lowest BCUT2D eigenvalue weighted by molar-refractivity contribution is 0.0515. The minimum Gasteiger partial charge on any atom is -0.461 e. The maximum absolute atomic E-state index is 14.1. The second kappa shape index (κ2) is 8.75. The summed E-state index contributed by atoms with van der Waals surface area (Å²) in [5.41, 5.74) is 3.13. The number of hydrogen-bond donors (Lipinski definition) is 0. The second-order valence-electron chi connectivity index (χ2n) is 7.30. The molecule has 0 unspecified atom stereocenters. The summed E-state index contributed by atoms with van der Waals surface area (Å²) >= 11 is 0. The van der Waals surface area contributed by atoms with Crippen molar-refractivity contribution in [1.82, 2.24) is 14.7 Å². The molecular formula is C23H23F2N3O2. The fourth-order valence-electron chi connectivity index (χ4n) is 3.84. The Morgan fingerprint density at radius 2 is 1.80 bits per heavy atom. The van der Waals surface area contributed by atoms with Crippen LogP contribution in [-0.2, 0) is 30.8 Å². The highest BCUT2D eigenvalue weighted by Gasteiger charge is 2.29. The van der Waals surface area contributed by atoms with E-state index in [4.69, 9.17) is 4.74 Å². The number of ether oxygens (including phenoxy) is 1. The summed E-state index contributed by atoms with van der Waals surface area (Å²) in [4.78, 5) is 14.5. The molecule has 2 aromatic carbocycles.